The van der Waals surface area contributed by atoms with E-state index in [9.17, 15) is 10.2 Å². The van der Waals surface area contributed by atoms with Crippen molar-refractivity contribution in [3.05, 3.63) is 64.7 Å². The third-order valence-corrected chi connectivity index (χ3v) is 5.16. The molecule has 7 nitrogen and oxygen atoms in total. The number of benzene rings is 1. The van der Waals surface area contributed by atoms with Gasteiger partial charge in [-0.15, -0.1) is 0 Å². The first-order valence-corrected chi connectivity index (χ1v) is 9.25. The van der Waals surface area contributed by atoms with Crippen molar-refractivity contribution >= 4 is 5.69 Å². The fourth-order valence-electron chi connectivity index (χ4n) is 3.50. The molecule has 0 amide bonds. The Balaban J connectivity index is 1.55. The average Bonchev–Trinajstić information content (AvgIpc) is 2.72. The maximum Gasteiger partial charge on any atom is 0.159 e. The number of nitrogen functional groups attached to an aromatic ring is 1. The van der Waals surface area contributed by atoms with Gasteiger partial charge in [0.1, 0.15) is 5.75 Å². The van der Waals surface area contributed by atoms with Crippen LogP contribution in [0.15, 0.2) is 36.7 Å². The van der Waals surface area contributed by atoms with E-state index in [4.69, 9.17) is 10.7 Å². The van der Waals surface area contributed by atoms with Crippen LogP contribution in [0.4, 0.5) is 5.69 Å². The van der Waals surface area contributed by atoms with E-state index in [1.54, 1.807) is 13.1 Å². The maximum absolute atomic E-state index is 10.4. The number of hydrogen-bond acceptors (Lipinski definition) is 7. The summed E-state index contributed by atoms with van der Waals surface area (Å²) >= 11 is 0. The van der Waals surface area contributed by atoms with Gasteiger partial charge in [0.05, 0.1) is 18.0 Å². The number of fused-ring (bicyclic) bond motifs is 1. The molecular formula is C21H23N5O2. The summed E-state index contributed by atoms with van der Waals surface area (Å²) in [7, 11) is 0. The molecule has 0 fully saturated rings. The van der Waals surface area contributed by atoms with Crippen molar-refractivity contribution in [3.8, 4) is 17.1 Å². The Morgan fingerprint density at radius 3 is 2.68 bits per heavy atom. The smallest absolute Gasteiger partial charge is 0.159 e. The molecule has 1 aliphatic heterocycles. The largest absolute Gasteiger partial charge is 0.506 e. The Labute approximate surface area is 163 Å². The number of pyridine rings is 1. The number of aliphatic hydroxyl groups is 1. The highest BCUT2D eigenvalue weighted by atomic mass is 16.3. The van der Waals surface area contributed by atoms with Crippen LogP contribution in [0.3, 0.4) is 0 Å². The Bertz CT molecular complexity index is 1000. The summed E-state index contributed by atoms with van der Waals surface area (Å²) in [5.74, 6) is 0.865. The fourth-order valence-corrected chi connectivity index (χ4v) is 3.50. The second-order valence-electron chi connectivity index (χ2n) is 7.10. The number of anilines is 1. The van der Waals surface area contributed by atoms with Gasteiger partial charge in [-0.05, 0) is 31.2 Å². The molecule has 0 spiro atoms. The zero-order chi connectivity index (χ0) is 19.7. The van der Waals surface area contributed by atoms with Gasteiger partial charge in [-0.3, -0.25) is 9.88 Å². The van der Waals surface area contributed by atoms with Crippen LogP contribution in [-0.4, -0.2) is 36.6 Å². The highest BCUT2D eigenvalue weighted by Gasteiger charge is 2.21. The number of aryl methyl sites for hydroxylation is 1. The number of hydrogen-bond donors (Lipinski definition) is 3. The molecule has 3 aromatic rings. The number of aromatic hydroxyl groups is 1. The minimum absolute atomic E-state index is 0.144. The number of nitrogens with two attached hydrogens (primary N) is 1. The summed E-state index contributed by atoms with van der Waals surface area (Å²) in [5, 5.41) is 20.0. The molecule has 0 radical (unpaired) electrons. The van der Waals surface area contributed by atoms with E-state index in [2.05, 4.69) is 14.9 Å². The van der Waals surface area contributed by atoms with E-state index < -0.39 is 0 Å². The van der Waals surface area contributed by atoms with Gasteiger partial charge in [0.2, 0.25) is 0 Å². The normalized spacial score (nSPS) is 14.1. The summed E-state index contributed by atoms with van der Waals surface area (Å²) in [6.45, 7) is 3.68. The molecule has 1 aromatic carbocycles. The molecule has 0 atom stereocenters. The van der Waals surface area contributed by atoms with Crippen molar-refractivity contribution in [2.75, 3.05) is 12.3 Å². The Morgan fingerprint density at radius 1 is 1.14 bits per heavy atom. The summed E-state index contributed by atoms with van der Waals surface area (Å²) in [5.41, 5.74) is 11.5. The Kier molecular flexibility index (Phi) is 4.93. The van der Waals surface area contributed by atoms with Gasteiger partial charge in [-0.2, -0.15) is 0 Å². The number of nitrogens with zero attached hydrogens (tertiary/aromatic N) is 4. The molecular weight excluding hydrogens is 354 g/mol. The predicted molar refractivity (Wildman–Crippen MR) is 106 cm³/mol. The lowest BCUT2D eigenvalue weighted by Crippen LogP contribution is -2.31. The van der Waals surface area contributed by atoms with E-state index in [-0.39, 0.29) is 12.4 Å². The third kappa shape index (κ3) is 3.54. The summed E-state index contributed by atoms with van der Waals surface area (Å²) in [6.07, 6.45) is 4.31. The molecule has 2 aromatic heterocycles. The van der Waals surface area contributed by atoms with Crippen LogP contribution in [-0.2, 0) is 26.1 Å². The minimum Gasteiger partial charge on any atom is -0.506 e. The van der Waals surface area contributed by atoms with Gasteiger partial charge in [0.15, 0.2) is 5.82 Å². The van der Waals surface area contributed by atoms with Crippen molar-refractivity contribution in [1.82, 2.24) is 19.9 Å². The van der Waals surface area contributed by atoms with Crippen molar-refractivity contribution in [2.24, 2.45) is 0 Å². The zero-order valence-corrected chi connectivity index (χ0v) is 15.8. The van der Waals surface area contributed by atoms with Crippen molar-refractivity contribution in [3.63, 3.8) is 0 Å². The molecule has 1 aliphatic rings. The van der Waals surface area contributed by atoms with Gasteiger partial charge in [-0.25, -0.2) is 9.97 Å². The van der Waals surface area contributed by atoms with Crippen LogP contribution >= 0.6 is 0 Å². The topological polar surface area (TPSA) is 108 Å². The average molecular weight is 377 g/mol. The zero-order valence-electron chi connectivity index (χ0n) is 15.8. The molecule has 4 N–H and O–H groups in total. The van der Waals surface area contributed by atoms with E-state index in [1.807, 2.05) is 30.5 Å². The molecule has 0 unspecified atom stereocenters. The van der Waals surface area contributed by atoms with E-state index in [1.165, 1.54) is 0 Å². The van der Waals surface area contributed by atoms with Gasteiger partial charge in [-0.1, -0.05) is 0 Å². The SMILES string of the molecule is Cc1ncc(CO)c(CN2CCc3nc(-c4ccc(N)cc4)ncc3C2)c1O. The number of aromatic nitrogens is 3. The first kappa shape index (κ1) is 18.3. The highest BCUT2D eigenvalue weighted by molar-refractivity contribution is 5.58. The lowest BCUT2D eigenvalue weighted by molar-refractivity contribution is 0.232. The Hall–Kier alpha value is -3.03. The second kappa shape index (κ2) is 7.53. The summed E-state index contributed by atoms with van der Waals surface area (Å²) in [4.78, 5) is 15.6. The maximum atomic E-state index is 10.4. The molecule has 0 saturated carbocycles. The number of rotatable bonds is 4. The van der Waals surface area contributed by atoms with Gasteiger partial charge < -0.3 is 15.9 Å². The molecule has 0 saturated heterocycles. The van der Waals surface area contributed by atoms with Crippen LogP contribution in [0.25, 0.3) is 11.4 Å². The molecule has 4 rings (SSSR count). The second-order valence-corrected chi connectivity index (χ2v) is 7.10. The van der Waals surface area contributed by atoms with Crippen LogP contribution in [0, 0.1) is 6.92 Å². The van der Waals surface area contributed by atoms with Crippen LogP contribution in [0.1, 0.15) is 28.1 Å². The summed E-state index contributed by atoms with van der Waals surface area (Å²) in [6, 6.07) is 7.55. The quantitative estimate of drug-likeness (QED) is 0.598. The summed E-state index contributed by atoms with van der Waals surface area (Å²) < 4.78 is 0. The minimum atomic E-state index is -0.144. The molecule has 28 heavy (non-hydrogen) atoms. The predicted octanol–water partition coefficient (Wildman–Crippen LogP) is 2.19. The number of aliphatic hydroxyl groups excluding tert-OH is 1. The first-order valence-electron chi connectivity index (χ1n) is 9.25. The molecule has 3 heterocycles. The third-order valence-electron chi connectivity index (χ3n) is 5.16. The lowest BCUT2D eigenvalue weighted by Gasteiger charge is -2.29. The Morgan fingerprint density at radius 2 is 1.93 bits per heavy atom. The van der Waals surface area contributed by atoms with Crippen LogP contribution < -0.4 is 5.73 Å². The van der Waals surface area contributed by atoms with Gasteiger partial charge >= 0.3 is 0 Å². The van der Waals surface area contributed by atoms with Crippen molar-refractivity contribution in [1.29, 1.82) is 0 Å². The highest BCUT2D eigenvalue weighted by Crippen LogP contribution is 2.28. The van der Waals surface area contributed by atoms with Crippen LogP contribution in [0.2, 0.25) is 0 Å². The fraction of sp³-hybridized carbons (Fsp3) is 0.286. The first-order chi connectivity index (χ1) is 13.5. The standard InChI is InChI=1S/C21H23N5O2/c1-13-20(28)18(16(12-27)9-23-13)11-26-7-6-19-15(10-26)8-24-21(25-19)14-2-4-17(22)5-3-14/h2-5,8-9,27-28H,6-7,10-12,22H2,1H3. The molecule has 0 aliphatic carbocycles. The van der Waals surface area contributed by atoms with Crippen molar-refractivity contribution in [2.45, 2.75) is 33.0 Å². The molecule has 0 bridgehead atoms. The van der Waals surface area contributed by atoms with Crippen molar-refractivity contribution < 1.29 is 10.2 Å². The van der Waals surface area contributed by atoms with E-state index >= 15 is 0 Å². The lowest BCUT2D eigenvalue weighted by atomic mass is 10.0. The van der Waals surface area contributed by atoms with Gasteiger partial charge in [0, 0.05) is 66.4 Å². The van der Waals surface area contributed by atoms with Gasteiger partial charge in [0.25, 0.3) is 0 Å². The molecule has 7 heteroatoms. The van der Waals surface area contributed by atoms with Crippen LogP contribution in [0.5, 0.6) is 5.75 Å². The monoisotopic (exact) mass is 377 g/mol. The van der Waals surface area contributed by atoms with E-state index in [0.717, 1.165) is 35.3 Å². The molecule has 144 valence electrons. The van der Waals surface area contributed by atoms with E-state index in [0.29, 0.717) is 35.9 Å².